The number of halogens is 2. The smallest absolute Gasteiger partial charge is 0.311 e. The third kappa shape index (κ3) is 4.94. The van der Waals surface area contributed by atoms with Gasteiger partial charge in [0.1, 0.15) is 23.8 Å². The number of ether oxygens (including phenoxy) is 1. The van der Waals surface area contributed by atoms with E-state index in [2.05, 4.69) is 20.1 Å². The van der Waals surface area contributed by atoms with Crippen LogP contribution in [-0.4, -0.2) is 58.7 Å². The van der Waals surface area contributed by atoms with Crippen molar-refractivity contribution < 1.29 is 27.6 Å². The first-order chi connectivity index (χ1) is 20.2. The van der Waals surface area contributed by atoms with E-state index in [1.54, 1.807) is 12.1 Å². The molecule has 42 heavy (non-hydrogen) atoms. The van der Waals surface area contributed by atoms with Crippen molar-refractivity contribution >= 4 is 34.3 Å². The zero-order valence-electron chi connectivity index (χ0n) is 23.5. The number of hydrogen-bond donors (Lipinski definition) is 0. The number of carbonyl (C=O) groups excluding carboxylic acids is 2. The third-order valence-electron chi connectivity index (χ3n) is 8.04. The molecule has 2 aliphatic heterocycles. The third-order valence-corrected chi connectivity index (χ3v) is 8.04. The van der Waals surface area contributed by atoms with Crippen molar-refractivity contribution in [2.45, 2.75) is 44.9 Å². The Morgan fingerprint density at radius 1 is 1.10 bits per heavy atom. The fourth-order valence-electron chi connectivity index (χ4n) is 5.75. The fourth-order valence-corrected chi connectivity index (χ4v) is 5.75. The molecule has 1 amide bonds. The number of hydrogen-bond acceptors (Lipinski definition) is 9. The van der Waals surface area contributed by atoms with Gasteiger partial charge in [-0.25, -0.2) is 18.7 Å². The van der Waals surface area contributed by atoms with Gasteiger partial charge in [-0.3, -0.25) is 9.59 Å². The highest BCUT2D eigenvalue weighted by atomic mass is 19.1. The maximum atomic E-state index is 15.4. The fraction of sp³-hybridized carbons (Fsp3) is 0.400. The highest BCUT2D eigenvalue weighted by molar-refractivity contribution is 6.01. The molecular formula is C30H30F2N6O4. The van der Waals surface area contributed by atoms with Crippen LogP contribution in [0.5, 0.6) is 0 Å². The van der Waals surface area contributed by atoms with Crippen LogP contribution >= 0.6 is 0 Å². The molecular weight excluding hydrogens is 546 g/mol. The Hall–Kier alpha value is -4.48. The van der Waals surface area contributed by atoms with E-state index in [0.717, 1.165) is 12.8 Å². The van der Waals surface area contributed by atoms with Gasteiger partial charge in [0, 0.05) is 43.5 Å². The Morgan fingerprint density at radius 2 is 1.88 bits per heavy atom. The molecule has 218 valence electrons. The summed E-state index contributed by atoms with van der Waals surface area (Å²) in [5.41, 5.74) is 1.43. The molecule has 0 radical (unpaired) electrons. The summed E-state index contributed by atoms with van der Waals surface area (Å²) in [4.78, 5) is 41.1. The van der Waals surface area contributed by atoms with Crippen LogP contribution < -0.4 is 9.80 Å². The number of esters is 1. The second kappa shape index (κ2) is 11.1. The van der Waals surface area contributed by atoms with Gasteiger partial charge in [0.2, 0.25) is 11.8 Å². The lowest BCUT2D eigenvalue weighted by molar-refractivity contribution is -0.145. The van der Waals surface area contributed by atoms with Crippen molar-refractivity contribution in [1.29, 1.82) is 0 Å². The van der Waals surface area contributed by atoms with E-state index in [4.69, 9.17) is 9.26 Å². The number of carbonyl (C=O) groups is 2. The van der Waals surface area contributed by atoms with Gasteiger partial charge in [-0.1, -0.05) is 25.1 Å². The lowest BCUT2D eigenvalue weighted by atomic mass is 9.95. The standard InChI is InChI=1S/C30H30F2N6O4/c1-16(2)29-35-27(36-42-29)17-8-10-37(11-9-17)28-25-21(31)6-5-20(26(25)33-15-34-28)18-4-7-23(22(32)12-18)38-14-19(13-24(38)39)30(40)41-3/h4-7,12,15-17,19H,8-11,13-14H2,1-3H3/t19-/m1/s1. The van der Waals surface area contributed by atoms with Gasteiger partial charge in [0.25, 0.3) is 0 Å². The van der Waals surface area contributed by atoms with E-state index < -0.39 is 23.5 Å². The first kappa shape index (κ1) is 27.7. The van der Waals surface area contributed by atoms with Crippen LogP contribution in [0.1, 0.15) is 56.7 Å². The number of anilines is 2. The molecule has 0 bridgehead atoms. The van der Waals surface area contributed by atoms with E-state index in [9.17, 15) is 9.59 Å². The molecule has 0 spiro atoms. The van der Waals surface area contributed by atoms with Crippen LogP contribution in [0.4, 0.5) is 20.3 Å². The molecule has 2 fully saturated rings. The van der Waals surface area contributed by atoms with E-state index in [-0.39, 0.29) is 41.8 Å². The number of methoxy groups -OCH3 is 1. The molecule has 2 aromatic carbocycles. The maximum absolute atomic E-state index is 15.4. The van der Waals surface area contributed by atoms with Crippen LogP contribution in [-0.2, 0) is 14.3 Å². The molecule has 0 aliphatic carbocycles. The number of aromatic nitrogens is 4. The van der Waals surface area contributed by atoms with Crippen molar-refractivity contribution in [3.8, 4) is 11.1 Å². The van der Waals surface area contributed by atoms with E-state index in [1.165, 1.54) is 36.5 Å². The summed E-state index contributed by atoms with van der Waals surface area (Å²) >= 11 is 0. The second-order valence-electron chi connectivity index (χ2n) is 11.0. The predicted molar refractivity (Wildman–Crippen MR) is 150 cm³/mol. The summed E-state index contributed by atoms with van der Waals surface area (Å²) in [7, 11) is 1.26. The molecule has 0 saturated carbocycles. The van der Waals surface area contributed by atoms with Gasteiger partial charge < -0.3 is 19.1 Å². The molecule has 10 nitrogen and oxygen atoms in total. The summed E-state index contributed by atoms with van der Waals surface area (Å²) in [6.45, 7) is 5.28. The molecule has 4 aromatic rings. The normalized spacial score (nSPS) is 18.0. The van der Waals surface area contributed by atoms with E-state index in [1.807, 2.05) is 18.7 Å². The number of rotatable bonds is 6. The molecule has 12 heteroatoms. The van der Waals surface area contributed by atoms with E-state index >= 15 is 8.78 Å². The summed E-state index contributed by atoms with van der Waals surface area (Å²) in [5, 5.41) is 4.42. The summed E-state index contributed by atoms with van der Waals surface area (Å²) in [6, 6.07) is 7.34. The Morgan fingerprint density at radius 3 is 2.57 bits per heavy atom. The van der Waals surface area contributed by atoms with Crippen molar-refractivity contribution in [1.82, 2.24) is 20.1 Å². The topological polar surface area (TPSA) is 115 Å². The van der Waals surface area contributed by atoms with Gasteiger partial charge in [-0.15, -0.1) is 0 Å². The zero-order valence-corrected chi connectivity index (χ0v) is 23.5. The van der Waals surface area contributed by atoms with Gasteiger partial charge in [0.05, 0.1) is 29.6 Å². The first-order valence-electron chi connectivity index (χ1n) is 13.9. The van der Waals surface area contributed by atoms with Crippen LogP contribution in [0.25, 0.3) is 22.0 Å². The van der Waals surface area contributed by atoms with Crippen LogP contribution in [0, 0.1) is 17.6 Å². The minimum Gasteiger partial charge on any atom is -0.469 e. The lowest BCUT2D eigenvalue weighted by Gasteiger charge is -2.32. The Balaban J connectivity index is 1.27. The lowest BCUT2D eigenvalue weighted by Crippen LogP contribution is -2.34. The average molecular weight is 577 g/mol. The maximum Gasteiger partial charge on any atom is 0.311 e. The van der Waals surface area contributed by atoms with Gasteiger partial charge in [-0.05, 0) is 42.7 Å². The van der Waals surface area contributed by atoms with Gasteiger partial charge in [-0.2, -0.15) is 4.98 Å². The number of benzene rings is 2. The summed E-state index contributed by atoms with van der Waals surface area (Å²) < 4.78 is 40.9. The van der Waals surface area contributed by atoms with Gasteiger partial charge >= 0.3 is 5.97 Å². The molecule has 2 aromatic heterocycles. The van der Waals surface area contributed by atoms with Gasteiger partial charge in [0.15, 0.2) is 5.82 Å². The zero-order chi connectivity index (χ0) is 29.5. The van der Waals surface area contributed by atoms with Crippen molar-refractivity contribution in [3.05, 3.63) is 60.0 Å². The molecule has 2 saturated heterocycles. The Bertz CT molecular complexity index is 1670. The molecule has 0 N–H and O–H groups in total. The van der Waals surface area contributed by atoms with Crippen LogP contribution in [0.2, 0.25) is 0 Å². The quantitative estimate of drug-likeness (QED) is 0.293. The number of amides is 1. The largest absolute Gasteiger partial charge is 0.469 e. The number of fused-ring (bicyclic) bond motifs is 1. The van der Waals surface area contributed by atoms with Crippen molar-refractivity contribution in [2.75, 3.05) is 36.5 Å². The van der Waals surface area contributed by atoms with Crippen molar-refractivity contribution in [2.24, 2.45) is 5.92 Å². The first-order valence-corrected chi connectivity index (χ1v) is 13.9. The minimum absolute atomic E-state index is 0.0402. The predicted octanol–water partition coefficient (Wildman–Crippen LogP) is 4.99. The molecule has 6 rings (SSSR count). The monoisotopic (exact) mass is 576 g/mol. The Kier molecular flexibility index (Phi) is 7.29. The van der Waals surface area contributed by atoms with Crippen molar-refractivity contribution in [3.63, 3.8) is 0 Å². The van der Waals surface area contributed by atoms with Crippen LogP contribution in [0.3, 0.4) is 0 Å². The minimum atomic E-state index is -0.646. The molecule has 4 heterocycles. The molecule has 1 atom stereocenters. The average Bonchev–Trinajstić information content (AvgIpc) is 3.64. The summed E-state index contributed by atoms with van der Waals surface area (Å²) in [6.07, 6.45) is 2.86. The van der Waals surface area contributed by atoms with E-state index in [0.29, 0.717) is 47.3 Å². The number of piperidine rings is 1. The highest BCUT2D eigenvalue weighted by Gasteiger charge is 2.37. The SMILES string of the molecule is COC(=O)[C@@H]1CC(=O)N(c2ccc(-c3ccc(F)c4c(N5CCC(c6noc(C(C)C)n6)CC5)ncnc34)cc2F)C1. The Labute approximate surface area is 240 Å². The molecule has 0 unspecified atom stereocenters. The summed E-state index contributed by atoms with van der Waals surface area (Å²) in [5.74, 6) is -0.537. The highest BCUT2D eigenvalue weighted by Crippen LogP contribution is 2.38. The van der Waals surface area contributed by atoms with Crippen LogP contribution in [0.15, 0.2) is 41.2 Å². The second-order valence-corrected chi connectivity index (χ2v) is 11.0. The molecule has 2 aliphatic rings. The number of nitrogens with zero attached hydrogens (tertiary/aromatic N) is 6.